The molecule has 2 N–H and O–H groups in total. The standard InChI is InChI=1S/C14H16FN5O2/c1-8-4-5-9(15)6-10(8)12(21)22-7-11-17-13(16)19-14(18-11)20(2)3/h4-6H,7H2,1-3H3,(H2,16,17,18,19). The average Bonchev–Trinajstić information content (AvgIpc) is 2.46. The normalized spacial score (nSPS) is 10.4. The number of rotatable bonds is 4. The molecule has 1 aromatic carbocycles. The quantitative estimate of drug-likeness (QED) is 0.851. The van der Waals surface area contributed by atoms with E-state index in [1.165, 1.54) is 12.1 Å². The molecule has 0 atom stereocenters. The molecule has 1 heterocycles. The maximum atomic E-state index is 13.2. The molecule has 116 valence electrons. The predicted molar refractivity (Wildman–Crippen MR) is 78.8 cm³/mol. The van der Waals surface area contributed by atoms with Gasteiger partial charge in [0.05, 0.1) is 5.56 Å². The van der Waals surface area contributed by atoms with Crippen LogP contribution in [0.2, 0.25) is 0 Å². The minimum atomic E-state index is -0.651. The zero-order valence-corrected chi connectivity index (χ0v) is 12.5. The van der Waals surface area contributed by atoms with Gasteiger partial charge in [-0.05, 0) is 24.6 Å². The Morgan fingerprint density at radius 2 is 2.05 bits per heavy atom. The van der Waals surface area contributed by atoms with E-state index >= 15 is 0 Å². The van der Waals surface area contributed by atoms with Gasteiger partial charge in [-0.3, -0.25) is 0 Å². The van der Waals surface area contributed by atoms with Crippen LogP contribution in [-0.2, 0) is 11.3 Å². The predicted octanol–water partition coefficient (Wildman–Crippen LogP) is 1.32. The second kappa shape index (κ2) is 6.33. The van der Waals surface area contributed by atoms with Gasteiger partial charge >= 0.3 is 5.97 Å². The van der Waals surface area contributed by atoms with Crippen LogP contribution in [0.25, 0.3) is 0 Å². The summed E-state index contributed by atoms with van der Waals surface area (Å²) < 4.78 is 18.3. The van der Waals surface area contributed by atoms with Gasteiger partial charge in [-0.15, -0.1) is 0 Å². The smallest absolute Gasteiger partial charge is 0.338 e. The van der Waals surface area contributed by atoms with Gasteiger partial charge in [-0.2, -0.15) is 15.0 Å². The van der Waals surface area contributed by atoms with E-state index in [1.807, 2.05) is 0 Å². The summed E-state index contributed by atoms with van der Waals surface area (Å²) in [6, 6.07) is 3.92. The van der Waals surface area contributed by atoms with Gasteiger partial charge in [-0.25, -0.2) is 9.18 Å². The summed E-state index contributed by atoms with van der Waals surface area (Å²) in [5.74, 6) is -0.537. The number of nitrogen functional groups attached to an aromatic ring is 1. The van der Waals surface area contributed by atoms with Crippen molar-refractivity contribution < 1.29 is 13.9 Å². The number of esters is 1. The molecule has 0 fully saturated rings. The minimum Gasteiger partial charge on any atom is -0.454 e. The molecule has 0 saturated heterocycles. The first kappa shape index (κ1) is 15.6. The molecule has 0 radical (unpaired) electrons. The first-order valence-corrected chi connectivity index (χ1v) is 6.48. The number of ether oxygens (including phenoxy) is 1. The third-order valence-electron chi connectivity index (χ3n) is 2.84. The molecule has 0 bridgehead atoms. The summed E-state index contributed by atoms with van der Waals surface area (Å²) >= 11 is 0. The van der Waals surface area contributed by atoms with E-state index in [9.17, 15) is 9.18 Å². The highest BCUT2D eigenvalue weighted by Gasteiger charge is 2.14. The van der Waals surface area contributed by atoms with Crippen LogP contribution in [0.5, 0.6) is 0 Å². The summed E-state index contributed by atoms with van der Waals surface area (Å²) in [6.45, 7) is 1.52. The van der Waals surface area contributed by atoms with Crippen molar-refractivity contribution in [2.75, 3.05) is 24.7 Å². The molecule has 0 amide bonds. The molecular weight excluding hydrogens is 289 g/mol. The summed E-state index contributed by atoms with van der Waals surface area (Å²) in [5.41, 5.74) is 6.36. The molecule has 0 spiro atoms. The lowest BCUT2D eigenvalue weighted by Gasteiger charge is -2.11. The van der Waals surface area contributed by atoms with Crippen molar-refractivity contribution in [2.24, 2.45) is 0 Å². The molecule has 0 unspecified atom stereocenters. The van der Waals surface area contributed by atoms with Crippen molar-refractivity contribution in [3.05, 3.63) is 41.0 Å². The van der Waals surface area contributed by atoms with Crippen LogP contribution in [0, 0.1) is 12.7 Å². The number of hydrogen-bond acceptors (Lipinski definition) is 7. The highest BCUT2D eigenvalue weighted by Crippen LogP contribution is 2.13. The monoisotopic (exact) mass is 305 g/mol. The van der Waals surface area contributed by atoms with E-state index in [-0.39, 0.29) is 23.9 Å². The van der Waals surface area contributed by atoms with Gasteiger partial charge in [0, 0.05) is 14.1 Å². The zero-order valence-electron chi connectivity index (χ0n) is 12.5. The number of anilines is 2. The molecular formula is C14H16FN5O2. The number of carbonyl (C=O) groups excluding carboxylic acids is 1. The van der Waals surface area contributed by atoms with Crippen LogP contribution in [0.4, 0.5) is 16.3 Å². The molecule has 22 heavy (non-hydrogen) atoms. The lowest BCUT2D eigenvalue weighted by Crippen LogP contribution is -2.17. The van der Waals surface area contributed by atoms with Crippen LogP contribution in [0.3, 0.4) is 0 Å². The Balaban J connectivity index is 2.13. The van der Waals surface area contributed by atoms with E-state index in [4.69, 9.17) is 10.5 Å². The van der Waals surface area contributed by atoms with Gasteiger partial charge in [0.15, 0.2) is 12.4 Å². The summed E-state index contributed by atoms with van der Waals surface area (Å²) in [6.07, 6.45) is 0. The third-order valence-corrected chi connectivity index (χ3v) is 2.84. The number of aryl methyl sites for hydroxylation is 1. The lowest BCUT2D eigenvalue weighted by molar-refractivity contribution is 0.0460. The first-order valence-electron chi connectivity index (χ1n) is 6.48. The number of halogens is 1. The van der Waals surface area contributed by atoms with E-state index in [1.54, 1.807) is 25.9 Å². The van der Waals surface area contributed by atoms with Crippen molar-refractivity contribution in [2.45, 2.75) is 13.5 Å². The number of nitrogens with zero attached hydrogens (tertiary/aromatic N) is 4. The second-order valence-electron chi connectivity index (χ2n) is 4.84. The summed E-state index contributed by atoms with van der Waals surface area (Å²) in [4.78, 5) is 25.6. The average molecular weight is 305 g/mol. The molecule has 8 heteroatoms. The van der Waals surface area contributed by atoms with Gasteiger partial charge in [0.1, 0.15) is 5.82 Å². The Labute approximate surface area is 127 Å². The van der Waals surface area contributed by atoms with Crippen LogP contribution in [-0.4, -0.2) is 35.0 Å². The maximum absolute atomic E-state index is 13.2. The van der Waals surface area contributed by atoms with E-state index in [0.717, 1.165) is 6.07 Å². The molecule has 0 aliphatic heterocycles. The van der Waals surface area contributed by atoms with Gasteiger partial charge in [-0.1, -0.05) is 6.07 Å². The van der Waals surface area contributed by atoms with Gasteiger partial charge < -0.3 is 15.4 Å². The molecule has 0 saturated carbocycles. The largest absolute Gasteiger partial charge is 0.454 e. The van der Waals surface area contributed by atoms with Gasteiger partial charge in [0.25, 0.3) is 0 Å². The third kappa shape index (κ3) is 3.66. The number of nitrogens with two attached hydrogens (primary N) is 1. The molecule has 7 nitrogen and oxygen atoms in total. The highest BCUT2D eigenvalue weighted by molar-refractivity contribution is 5.90. The SMILES string of the molecule is Cc1ccc(F)cc1C(=O)OCc1nc(N)nc(N(C)C)n1. The maximum Gasteiger partial charge on any atom is 0.338 e. The topological polar surface area (TPSA) is 94.2 Å². The van der Waals surface area contributed by atoms with Crippen molar-refractivity contribution >= 4 is 17.9 Å². The van der Waals surface area contributed by atoms with Crippen LogP contribution in [0.1, 0.15) is 21.7 Å². The Hall–Kier alpha value is -2.77. The molecule has 2 aromatic rings. The second-order valence-corrected chi connectivity index (χ2v) is 4.84. The van der Waals surface area contributed by atoms with Crippen molar-refractivity contribution in [1.29, 1.82) is 0 Å². The Kier molecular flexibility index (Phi) is 4.50. The van der Waals surface area contributed by atoms with E-state index < -0.39 is 11.8 Å². The summed E-state index contributed by atoms with van der Waals surface area (Å²) in [7, 11) is 3.50. The van der Waals surface area contributed by atoms with Crippen LogP contribution < -0.4 is 10.6 Å². The van der Waals surface area contributed by atoms with Crippen LogP contribution in [0.15, 0.2) is 18.2 Å². The fourth-order valence-electron chi connectivity index (χ4n) is 1.71. The van der Waals surface area contributed by atoms with E-state index in [2.05, 4.69) is 15.0 Å². The molecule has 0 aliphatic rings. The fraction of sp³-hybridized carbons (Fsp3) is 0.286. The van der Waals surface area contributed by atoms with Crippen molar-refractivity contribution in [3.8, 4) is 0 Å². The van der Waals surface area contributed by atoms with Gasteiger partial charge in [0.2, 0.25) is 11.9 Å². The fourth-order valence-corrected chi connectivity index (χ4v) is 1.71. The molecule has 2 rings (SSSR count). The van der Waals surface area contributed by atoms with Crippen LogP contribution >= 0.6 is 0 Å². The van der Waals surface area contributed by atoms with Crippen molar-refractivity contribution in [3.63, 3.8) is 0 Å². The Morgan fingerprint density at radius 1 is 1.32 bits per heavy atom. The number of carbonyl (C=O) groups is 1. The summed E-state index contributed by atoms with van der Waals surface area (Å²) in [5, 5.41) is 0. The highest BCUT2D eigenvalue weighted by atomic mass is 19.1. The lowest BCUT2D eigenvalue weighted by atomic mass is 10.1. The number of aromatic nitrogens is 3. The Morgan fingerprint density at radius 3 is 2.73 bits per heavy atom. The number of hydrogen-bond donors (Lipinski definition) is 1. The minimum absolute atomic E-state index is 0.0340. The Bertz CT molecular complexity index is 706. The zero-order chi connectivity index (χ0) is 16.3. The first-order chi connectivity index (χ1) is 10.4. The number of benzene rings is 1. The molecule has 1 aromatic heterocycles. The molecule has 0 aliphatic carbocycles. The van der Waals surface area contributed by atoms with E-state index in [0.29, 0.717) is 11.5 Å². The van der Waals surface area contributed by atoms with Crippen molar-refractivity contribution in [1.82, 2.24) is 15.0 Å².